The van der Waals surface area contributed by atoms with Crippen molar-refractivity contribution in [3.05, 3.63) is 153 Å². The first-order valence-electron chi connectivity index (χ1n) is 39.9. The van der Waals surface area contributed by atoms with E-state index in [1.165, 1.54) is 61.3 Å². The van der Waals surface area contributed by atoms with E-state index in [1.54, 1.807) is 19.9 Å². The number of nitrogens with zero attached hydrogens (tertiary/aromatic N) is 8. The number of piperidine rings is 3. The number of rotatable bonds is 14. The molecule has 9 fully saturated rings. The third-order valence-electron chi connectivity index (χ3n) is 28.3. The first-order chi connectivity index (χ1) is 52.4. The van der Waals surface area contributed by atoms with E-state index in [0.29, 0.717) is 73.6 Å². The van der Waals surface area contributed by atoms with Crippen LogP contribution in [0.15, 0.2) is 111 Å². The van der Waals surface area contributed by atoms with Gasteiger partial charge >= 0.3 is 5.97 Å². The van der Waals surface area contributed by atoms with Crippen molar-refractivity contribution in [3.8, 4) is 45.8 Å². The van der Waals surface area contributed by atoms with Crippen molar-refractivity contribution in [1.82, 2.24) is 35.0 Å². The van der Waals surface area contributed by atoms with E-state index in [1.807, 2.05) is 87.5 Å². The smallest absolute Gasteiger partial charge is 0.307 e. The van der Waals surface area contributed by atoms with Gasteiger partial charge in [-0.25, -0.2) is 4.79 Å². The normalized spacial score (nSPS) is 31.0. The van der Waals surface area contributed by atoms with E-state index in [4.69, 9.17) is 28.0 Å². The van der Waals surface area contributed by atoms with Gasteiger partial charge < -0.3 is 43.3 Å². The molecule has 7 aromatic rings. The molecule has 2 aromatic heterocycles. The summed E-state index contributed by atoms with van der Waals surface area (Å²) in [5, 5.41) is 42.4. The molecule has 6 aliphatic heterocycles. The van der Waals surface area contributed by atoms with Gasteiger partial charge in [0.1, 0.15) is 22.6 Å². The number of aromatic hydroxyl groups is 1. The minimum Gasteiger partial charge on any atom is -0.504 e. The van der Waals surface area contributed by atoms with Crippen LogP contribution in [0.3, 0.4) is 0 Å². The Hall–Kier alpha value is -8.47. The first-order valence-corrected chi connectivity index (χ1v) is 39.9. The summed E-state index contributed by atoms with van der Waals surface area (Å²) in [5.74, 6) is 6.32. The molecule has 23 heteroatoms. The summed E-state index contributed by atoms with van der Waals surface area (Å²) < 4.78 is 36.6. The number of aliphatic hydroxyl groups is 2. The van der Waals surface area contributed by atoms with Gasteiger partial charge in [-0.05, 0) is 195 Å². The van der Waals surface area contributed by atoms with Crippen molar-refractivity contribution < 1.29 is 67.3 Å². The molecule has 22 nitrogen and oxygen atoms in total. The molecule has 3 spiro atoms. The number of hydrogen-bond acceptors (Lipinski definition) is 22. The summed E-state index contributed by atoms with van der Waals surface area (Å²) in [6.45, 7) is 17.3. The van der Waals surface area contributed by atoms with Crippen molar-refractivity contribution in [2.24, 2.45) is 22.7 Å². The van der Waals surface area contributed by atoms with E-state index in [-0.39, 0.29) is 88.3 Å². The number of ether oxygens (including phenoxy) is 4. The lowest BCUT2D eigenvalue weighted by Crippen LogP contribution is -2.77. The van der Waals surface area contributed by atoms with Gasteiger partial charge in [0.05, 0.1) is 45.3 Å². The second-order valence-corrected chi connectivity index (χ2v) is 35.6. The predicted molar refractivity (Wildman–Crippen MR) is 425 cm³/mol. The van der Waals surface area contributed by atoms with E-state index >= 15 is 0 Å². The Morgan fingerprint density at radius 2 is 0.938 bits per heavy atom. The van der Waals surface area contributed by atoms with Crippen molar-refractivity contribution in [2.75, 3.05) is 39.3 Å². The van der Waals surface area contributed by atoms with Crippen LogP contribution in [-0.2, 0) is 75.2 Å². The van der Waals surface area contributed by atoms with E-state index in [0.717, 1.165) is 140 Å². The number of esters is 1. The number of benzene rings is 5. The molecule has 0 radical (unpaired) electrons. The summed E-state index contributed by atoms with van der Waals surface area (Å²) in [4.78, 5) is 83.6. The number of hydrogen-bond donors (Lipinski definition) is 3. The third-order valence-corrected chi connectivity index (χ3v) is 28.3. The number of carbonyl (C=O) groups is 4. The van der Waals surface area contributed by atoms with Crippen LogP contribution in [0.4, 0.5) is 0 Å². The maximum absolute atomic E-state index is 14.1. The summed E-state index contributed by atoms with van der Waals surface area (Å²) in [7, 11) is 0. The van der Waals surface area contributed by atoms with Crippen LogP contribution in [0.5, 0.6) is 23.0 Å². The Labute approximate surface area is 668 Å². The lowest BCUT2D eigenvalue weighted by atomic mass is 9.48. The van der Waals surface area contributed by atoms with Crippen molar-refractivity contribution >= 4 is 41.8 Å². The van der Waals surface area contributed by atoms with Crippen molar-refractivity contribution in [2.45, 2.75) is 266 Å². The average molecular weight is 1560 g/mol. The van der Waals surface area contributed by atoms with Crippen LogP contribution < -0.4 is 14.2 Å². The summed E-state index contributed by atoms with van der Waals surface area (Å²) >= 11 is 0. The lowest BCUT2D eigenvalue weighted by Gasteiger charge is -2.63. The zero-order valence-corrected chi connectivity index (χ0v) is 64.2. The second-order valence-electron chi connectivity index (χ2n) is 35.6. The second kappa shape index (κ2) is 28.8. The molecule has 3 saturated heterocycles. The standard InChI is InChI=1S/C34H37N3O5.C21H25NO3.C20H23NO4.C12H11N3O2.3CH4.ClH/c1-20-9-12-23-17-25-34(41-26(39)18-32(2,3)31-35-30(36-42-31)22-7-5-4-6-8-22)14-13-24(38)29-33(34,27(23)28(20)40-29)15-16-37(25)19-21-10-11-21;1-12-2-5-14-10-16-21(24)7-6-15(23)19-20(21,17(14)18(12)25-19)8-9-22(16)11-13-3-4-13;22-13-4-3-12-9-15-20(24)6-5-14(23)18-19(20,16(12)17(13)25-18)7-8-21(15)10-11-1-2-11;1-12(2,13-8-16)11-14-10(15-17-11)9-6-4-3-5-7-9;;;;/h4-9,12,21,25,29H,10-11,13-19H2,1-3H3;2,5,13,16,19,24H,3-4,6-11H2,1H3;3-4,11,15,18,22,24H,1-2,5-10H2;3-7H,1-2H3;3*1H4;1H/t25-,29+,33+,34-;16-,19+,20+,21-;15-,18+,19+,20-;;;;;/m111...../s1. The Bertz CT molecular complexity index is 4800. The van der Waals surface area contributed by atoms with Crippen LogP contribution in [0.2, 0.25) is 0 Å². The first kappa shape index (κ1) is 79.7. The number of Topliss-reactive ketones (excluding diaryl/α,β-unsaturated/α-hetero) is 3. The Kier molecular flexibility index (Phi) is 20.3. The highest BCUT2D eigenvalue weighted by molar-refractivity contribution is 5.92. The number of ketones is 3. The number of aryl methyl sites for hydroxylation is 2. The molecule has 22 rings (SSSR count). The van der Waals surface area contributed by atoms with Crippen LogP contribution in [-0.4, -0.2) is 172 Å². The SMILES string of the molecule is C.C.C.CC(C)(N=C=O)c1nc(-c2ccccc2)no1.Cc1ccc2c3c1O[C@H]1C(=O)CC[C@@]4(O)[C@@H](C2)N(CC2CC2)CC[C@]314.Cc1ccc2c3c1O[C@H]1C(=O)CC[C@@]4(OC(=O)CC(C)(C)c5nc(-c6ccccc6)no5)[C@@H](C2)N(CC2CC2)CC[C@]314.Cl.O=C1CC[C@@]2(O)[C@H]3Cc4ccc(O)c5c4[C@@]2(CCN3CC2CC2)[C@H]1O5. The highest BCUT2D eigenvalue weighted by atomic mass is 35.5. The maximum atomic E-state index is 14.1. The lowest BCUT2D eigenvalue weighted by molar-refractivity contribution is -0.217. The predicted octanol–water partition coefficient (Wildman–Crippen LogP) is 13.4. The number of likely N-dealkylation sites (tertiary alicyclic amines) is 3. The Balaban J connectivity index is 0.000000124. The van der Waals surface area contributed by atoms with Gasteiger partial charge in [-0.1, -0.05) is 137 Å². The third kappa shape index (κ3) is 12.1. The highest BCUT2D eigenvalue weighted by Gasteiger charge is 2.77. The topological polar surface area (TPSA) is 283 Å². The molecule has 600 valence electrons. The molecule has 6 saturated carbocycles. The number of phenolic OH excluding ortho intramolecular Hbond substituents is 1. The monoisotopic (exact) mass is 1560 g/mol. The van der Waals surface area contributed by atoms with Crippen molar-refractivity contribution in [1.29, 1.82) is 0 Å². The number of aliphatic imine (C=N–C) groups is 1. The van der Waals surface area contributed by atoms with E-state index < -0.39 is 62.3 Å². The fraction of sp³-hybridized carbons (Fsp3) is 0.567. The fourth-order valence-corrected chi connectivity index (χ4v) is 22.5. The van der Waals surface area contributed by atoms with Crippen LogP contribution in [0.1, 0.15) is 209 Å². The number of isocyanates is 1. The quantitative estimate of drug-likeness (QED) is 0.0518. The maximum Gasteiger partial charge on any atom is 0.307 e. The van der Waals surface area contributed by atoms with Gasteiger partial charge in [0, 0.05) is 78.8 Å². The molecule has 12 atom stereocenters. The molecule has 8 heterocycles. The number of carbonyl (C=O) groups excluding carboxylic acids is 5. The van der Waals surface area contributed by atoms with Gasteiger partial charge in [-0.3, -0.25) is 33.9 Å². The van der Waals surface area contributed by atoms with Crippen LogP contribution >= 0.6 is 12.4 Å². The average Bonchev–Trinajstić information content (AvgIpc) is 1.57. The van der Waals surface area contributed by atoms with Crippen LogP contribution in [0, 0.1) is 31.6 Å². The molecule has 6 bridgehead atoms. The summed E-state index contributed by atoms with van der Waals surface area (Å²) in [6, 6.07) is 31.6. The largest absolute Gasteiger partial charge is 0.504 e. The summed E-state index contributed by atoms with van der Waals surface area (Å²) in [6.07, 6.45) is 15.2. The van der Waals surface area contributed by atoms with Crippen LogP contribution in [0.25, 0.3) is 22.8 Å². The molecule has 113 heavy (non-hydrogen) atoms. The fourth-order valence-electron chi connectivity index (χ4n) is 22.5. The summed E-state index contributed by atoms with van der Waals surface area (Å²) in [5.41, 5.74) is 4.73. The minimum atomic E-state index is -0.940. The van der Waals surface area contributed by atoms with E-state index in [9.17, 15) is 39.3 Å². The zero-order valence-electron chi connectivity index (χ0n) is 63.4. The molecule has 3 N–H and O–H groups in total. The Morgan fingerprint density at radius 1 is 0.540 bits per heavy atom. The molecule has 0 amide bonds. The van der Waals surface area contributed by atoms with Gasteiger partial charge in [0.25, 0.3) is 5.89 Å². The van der Waals surface area contributed by atoms with Gasteiger partial charge in [0.15, 0.2) is 47.2 Å². The van der Waals surface area contributed by atoms with Gasteiger partial charge in [0.2, 0.25) is 23.6 Å². The number of aromatic nitrogens is 4. The molecular weight excluding hydrogens is 1450 g/mol. The van der Waals surface area contributed by atoms with E-state index in [2.05, 4.69) is 71.2 Å². The number of phenols is 1. The minimum absolute atomic E-state index is 0. The Morgan fingerprint density at radius 3 is 1.42 bits per heavy atom. The molecule has 15 aliphatic rings. The van der Waals surface area contributed by atoms with Gasteiger partial charge in [-0.2, -0.15) is 15.0 Å². The van der Waals surface area contributed by atoms with Gasteiger partial charge in [-0.15, -0.1) is 12.4 Å². The number of halogens is 1. The van der Waals surface area contributed by atoms with Crippen molar-refractivity contribution in [3.63, 3.8) is 0 Å². The molecule has 0 unspecified atom stereocenters. The molecule has 5 aromatic carbocycles. The highest BCUT2D eigenvalue weighted by Crippen LogP contribution is 2.69. The zero-order chi connectivity index (χ0) is 75.1. The molecular formula is C90H109ClN8O14. The molecule has 9 aliphatic carbocycles.